The van der Waals surface area contributed by atoms with E-state index in [9.17, 15) is 10.1 Å². The topological polar surface area (TPSA) is 89.1 Å². The summed E-state index contributed by atoms with van der Waals surface area (Å²) in [4.78, 5) is 13.6. The van der Waals surface area contributed by atoms with Gasteiger partial charge in [-0.15, -0.1) is 0 Å². The standard InChI is InChI=1S/C5H7N5O2/c1-2-3-9-5(6-4-7-9)8-10(11)12/h2-4H,1H3,(H,6,7,8)/b3-2+. The fraction of sp³-hybridized carbons (Fsp3) is 0.200. The molecule has 1 aromatic rings. The van der Waals surface area contributed by atoms with Crippen LogP contribution in [0, 0.1) is 10.1 Å². The number of nitro groups is 1. The first-order valence-corrected chi connectivity index (χ1v) is 3.18. The summed E-state index contributed by atoms with van der Waals surface area (Å²) < 4.78 is 1.34. The molecule has 0 aliphatic heterocycles. The van der Waals surface area contributed by atoms with Gasteiger partial charge in [-0.3, -0.25) is 5.10 Å². The lowest BCUT2D eigenvalue weighted by atomic mass is 10.7. The minimum atomic E-state index is -0.795. The van der Waals surface area contributed by atoms with Gasteiger partial charge in [-0.2, -0.15) is 4.98 Å². The van der Waals surface area contributed by atoms with Crippen molar-refractivity contribution in [2.75, 3.05) is 0 Å². The molecule has 7 heteroatoms. The molecule has 0 saturated carbocycles. The number of aromatic nitrogens is 3. The van der Waals surface area contributed by atoms with Crippen LogP contribution in [0.3, 0.4) is 0 Å². The van der Waals surface area contributed by atoms with Crippen molar-refractivity contribution in [1.29, 1.82) is 0 Å². The third-order valence-electron chi connectivity index (χ3n) is 1.06. The summed E-state index contributed by atoms with van der Waals surface area (Å²) in [6, 6.07) is 0. The molecule has 0 amide bonds. The number of nitrogens with one attached hydrogen (secondary N) is 1. The fourth-order valence-corrected chi connectivity index (χ4v) is 0.675. The van der Waals surface area contributed by atoms with Crippen molar-refractivity contribution in [1.82, 2.24) is 14.8 Å². The lowest BCUT2D eigenvalue weighted by molar-refractivity contribution is -0.491. The van der Waals surface area contributed by atoms with Gasteiger partial charge in [0.05, 0.1) is 0 Å². The van der Waals surface area contributed by atoms with Crippen LogP contribution in [0.25, 0.3) is 6.20 Å². The van der Waals surface area contributed by atoms with E-state index in [0.717, 1.165) is 0 Å². The minimum Gasteiger partial charge on any atom is -0.281 e. The average molecular weight is 169 g/mol. The van der Waals surface area contributed by atoms with Gasteiger partial charge in [-0.1, -0.05) is 6.08 Å². The lowest BCUT2D eigenvalue weighted by Crippen LogP contribution is -2.17. The maximum Gasteiger partial charge on any atom is 0.321 e. The highest BCUT2D eigenvalue weighted by Gasteiger charge is 1.95. The summed E-state index contributed by atoms with van der Waals surface area (Å²) in [5.41, 5.74) is 0.0121. The zero-order valence-corrected chi connectivity index (χ0v) is 6.34. The Morgan fingerprint density at radius 2 is 2.67 bits per heavy atom. The molecule has 1 heterocycles. The summed E-state index contributed by atoms with van der Waals surface area (Å²) in [5, 5.41) is 14.8. The normalized spacial score (nSPS) is 12.6. The third-order valence-corrected chi connectivity index (χ3v) is 1.06. The maximum absolute atomic E-state index is 9.97. The van der Waals surface area contributed by atoms with Crippen LogP contribution in [0.15, 0.2) is 17.5 Å². The van der Waals surface area contributed by atoms with Crippen molar-refractivity contribution in [2.24, 2.45) is 5.10 Å². The minimum absolute atomic E-state index is 0.0121. The molecule has 0 aromatic carbocycles. The first kappa shape index (κ1) is 8.18. The molecule has 0 aliphatic carbocycles. The number of allylic oxidation sites excluding steroid dienone is 1. The maximum atomic E-state index is 9.97. The first-order valence-electron chi connectivity index (χ1n) is 3.18. The van der Waals surface area contributed by atoms with Gasteiger partial charge in [0.1, 0.15) is 11.4 Å². The van der Waals surface area contributed by atoms with E-state index < -0.39 is 5.03 Å². The monoisotopic (exact) mass is 169 g/mol. The highest BCUT2D eigenvalue weighted by molar-refractivity contribution is 5.15. The van der Waals surface area contributed by atoms with Crippen molar-refractivity contribution in [3.63, 3.8) is 0 Å². The van der Waals surface area contributed by atoms with Crippen molar-refractivity contribution < 1.29 is 5.03 Å². The average Bonchev–Trinajstić information content (AvgIpc) is 2.37. The molecule has 12 heavy (non-hydrogen) atoms. The second-order valence-corrected chi connectivity index (χ2v) is 1.88. The molecule has 0 aliphatic rings. The number of rotatable bonds is 2. The van der Waals surface area contributed by atoms with Gasteiger partial charge in [0.25, 0.3) is 0 Å². The van der Waals surface area contributed by atoms with Gasteiger partial charge in [-0.25, -0.2) is 14.8 Å². The molecule has 0 atom stereocenters. The van der Waals surface area contributed by atoms with Crippen LogP contribution in [0.2, 0.25) is 0 Å². The predicted molar refractivity (Wildman–Crippen MR) is 40.1 cm³/mol. The lowest BCUT2D eigenvalue weighted by Gasteiger charge is -1.86. The second-order valence-electron chi connectivity index (χ2n) is 1.88. The number of H-pyrrole nitrogens is 1. The Morgan fingerprint density at radius 1 is 1.92 bits per heavy atom. The largest absolute Gasteiger partial charge is 0.321 e. The molecular weight excluding hydrogens is 162 g/mol. The van der Waals surface area contributed by atoms with Crippen LogP contribution in [0.1, 0.15) is 6.92 Å². The SMILES string of the molecule is C/C=C/n1[nH]cn/c1=N\[N+](=O)[O-]. The molecule has 1 N–H and O–H groups in total. The molecule has 1 aromatic heterocycles. The Bertz CT molecular complexity index is 360. The summed E-state index contributed by atoms with van der Waals surface area (Å²) in [5.74, 6) is 0. The fourth-order valence-electron chi connectivity index (χ4n) is 0.675. The molecule has 0 saturated heterocycles. The Balaban J connectivity index is 3.15. The summed E-state index contributed by atoms with van der Waals surface area (Å²) in [6.07, 6.45) is 4.61. The Hall–Kier alpha value is -1.92. The van der Waals surface area contributed by atoms with Crippen molar-refractivity contribution in [3.8, 4) is 0 Å². The van der Waals surface area contributed by atoms with Gasteiger partial charge in [0.2, 0.25) is 0 Å². The highest BCUT2D eigenvalue weighted by Crippen LogP contribution is 1.75. The molecule has 0 unspecified atom stereocenters. The van der Waals surface area contributed by atoms with Crippen LogP contribution in [0.4, 0.5) is 0 Å². The molecule has 0 fully saturated rings. The molecular formula is C5H7N5O2. The molecule has 64 valence electrons. The second kappa shape index (κ2) is 3.46. The van der Waals surface area contributed by atoms with Crippen LogP contribution in [0.5, 0.6) is 0 Å². The Kier molecular flexibility index (Phi) is 2.36. The van der Waals surface area contributed by atoms with E-state index in [1.165, 1.54) is 11.0 Å². The van der Waals surface area contributed by atoms with E-state index in [-0.39, 0.29) is 5.62 Å². The molecule has 0 spiro atoms. The zero-order chi connectivity index (χ0) is 8.97. The number of aromatic amines is 1. The zero-order valence-electron chi connectivity index (χ0n) is 6.34. The Labute approximate surface area is 67.2 Å². The van der Waals surface area contributed by atoms with E-state index in [2.05, 4.69) is 15.2 Å². The van der Waals surface area contributed by atoms with E-state index in [1.54, 1.807) is 19.2 Å². The quantitative estimate of drug-likeness (QED) is 0.490. The smallest absolute Gasteiger partial charge is 0.281 e. The van der Waals surface area contributed by atoms with E-state index >= 15 is 0 Å². The molecule has 1 rings (SSSR count). The first-order chi connectivity index (χ1) is 5.74. The molecule has 0 radical (unpaired) electrons. The van der Waals surface area contributed by atoms with Crippen molar-refractivity contribution >= 4 is 6.20 Å². The molecule has 7 nitrogen and oxygen atoms in total. The van der Waals surface area contributed by atoms with Gasteiger partial charge in [-0.05, 0) is 6.92 Å². The highest BCUT2D eigenvalue weighted by atomic mass is 16.7. The van der Waals surface area contributed by atoms with Crippen LogP contribution in [-0.4, -0.2) is 19.8 Å². The van der Waals surface area contributed by atoms with Gasteiger partial charge in [0, 0.05) is 6.20 Å². The van der Waals surface area contributed by atoms with Gasteiger partial charge >= 0.3 is 5.62 Å². The van der Waals surface area contributed by atoms with Gasteiger partial charge < -0.3 is 0 Å². The van der Waals surface area contributed by atoms with Gasteiger partial charge in [0.15, 0.2) is 5.03 Å². The van der Waals surface area contributed by atoms with E-state index in [1.807, 2.05) is 0 Å². The predicted octanol–water partition coefficient (Wildman–Crippen LogP) is -0.206. The van der Waals surface area contributed by atoms with Crippen LogP contribution >= 0.6 is 0 Å². The van der Waals surface area contributed by atoms with Crippen LogP contribution < -0.4 is 5.62 Å². The van der Waals surface area contributed by atoms with Crippen LogP contribution in [-0.2, 0) is 0 Å². The third kappa shape index (κ3) is 1.78. The van der Waals surface area contributed by atoms with E-state index in [4.69, 9.17) is 0 Å². The summed E-state index contributed by atoms with van der Waals surface area (Å²) in [7, 11) is 0. The summed E-state index contributed by atoms with van der Waals surface area (Å²) >= 11 is 0. The van der Waals surface area contributed by atoms with Crippen molar-refractivity contribution in [2.45, 2.75) is 6.92 Å². The number of hydrogen-bond donors (Lipinski definition) is 1. The summed E-state index contributed by atoms with van der Waals surface area (Å²) in [6.45, 7) is 1.78. The molecule has 0 bridgehead atoms. The Morgan fingerprint density at radius 3 is 3.25 bits per heavy atom. The number of hydrogen-bond acceptors (Lipinski definition) is 3. The number of nitrogens with zero attached hydrogens (tertiary/aromatic N) is 4. The van der Waals surface area contributed by atoms with E-state index in [0.29, 0.717) is 0 Å². The van der Waals surface area contributed by atoms with Crippen molar-refractivity contribution in [3.05, 3.63) is 28.1 Å².